The molecular weight excluding hydrogens is 436 g/mol. The van der Waals surface area contributed by atoms with Gasteiger partial charge in [-0.15, -0.1) is 0 Å². The molecule has 34 heavy (non-hydrogen) atoms. The number of methoxy groups -OCH3 is 1. The molecule has 1 aromatic heterocycles. The number of ether oxygens (including phenoxy) is 1. The second kappa shape index (κ2) is 9.95. The molecule has 2 aliphatic rings. The van der Waals surface area contributed by atoms with Crippen molar-refractivity contribution in [3.63, 3.8) is 0 Å². The first-order valence-electron chi connectivity index (χ1n) is 12.0. The third-order valence-electron chi connectivity index (χ3n) is 7.34. The van der Waals surface area contributed by atoms with Crippen LogP contribution in [0.15, 0.2) is 24.3 Å². The van der Waals surface area contributed by atoms with E-state index in [0.29, 0.717) is 25.3 Å². The monoisotopic (exact) mass is 470 g/mol. The van der Waals surface area contributed by atoms with Crippen LogP contribution in [-0.2, 0) is 11.8 Å². The van der Waals surface area contributed by atoms with Crippen molar-refractivity contribution < 1.29 is 24.2 Å². The third kappa shape index (κ3) is 4.69. The van der Waals surface area contributed by atoms with Crippen LogP contribution in [0.5, 0.6) is 5.75 Å². The van der Waals surface area contributed by atoms with E-state index in [9.17, 15) is 19.5 Å². The number of fused-ring (bicyclic) bond motifs is 1. The van der Waals surface area contributed by atoms with Gasteiger partial charge in [0.1, 0.15) is 17.5 Å². The summed E-state index contributed by atoms with van der Waals surface area (Å²) in [6.45, 7) is 3.11. The van der Waals surface area contributed by atoms with Gasteiger partial charge in [-0.05, 0) is 43.9 Å². The number of rotatable bonds is 5. The molecule has 3 amide bonds. The molecule has 0 bridgehead atoms. The second-order valence-electron chi connectivity index (χ2n) is 9.47. The molecule has 2 aromatic rings. The molecular formula is C25H34N4O5. The van der Waals surface area contributed by atoms with E-state index in [1.165, 1.54) is 0 Å². The summed E-state index contributed by atoms with van der Waals surface area (Å²) < 4.78 is 7.19. The smallest absolute Gasteiger partial charge is 0.405 e. The molecule has 2 atom stereocenters. The lowest BCUT2D eigenvalue weighted by Crippen LogP contribution is -2.60. The van der Waals surface area contributed by atoms with E-state index in [4.69, 9.17) is 4.74 Å². The maximum atomic E-state index is 13.4. The first-order chi connectivity index (χ1) is 16.3. The largest absolute Gasteiger partial charge is 0.497 e. The third-order valence-corrected chi connectivity index (χ3v) is 7.34. The van der Waals surface area contributed by atoms with E-state index < -0.39 is 12.1 Å². The minimum Gasteiger partial charge on any atom is -0.497 e. The molecule has 184 valence electrons. The highest BCUT2D eigenvalue weighted by Crippen LogP contribution is 2.29. The maximum Gasteiger partial charge on any atom is 0.405 e. The van der Waals surface area contributed by atoms with Crippen LogP contribution < -0.4 is 10.1 Å². The van der Waals surface area contributed by atoms with Gasteiger partial charge in [0.15, 0.2) is 0 Å². The Morgan fingerprint density at radius 3 is 2.50 bits per heavy atom. The average molecular weight is 471 g/mol. The quantitative estimate of drug-likeness (QED) is 0.699. The molecule has 2 N–H and O–H groups in total. The molecule has 9 nitrogen and oxygen atoms in total. The molecule has 0 spiro atoms. The number of nitrogens with zero attached hydrogens (tertiary/aromatic N) is 3. The normalized spacial score (nSPS) is 20.3. The van der Waals surface area contributed by atoms with Crippen LogP contribution in [-0.4, -0.2) is 76.2 Å². The molecule has 9 heteroatoms. The molecule has 1 aliphatic carbocycles. The van der Waals surface area contributed by atoms with Crippen molar-refractivity contribution in [1.82, 2.24) is 19.7 Å². The summed E-state index contributed by atoms with van der Waals surface area (Å²) in [6, 6.07) is 6.70. The number of hydrogen-bond acceptors (Lipinski definition) is 4. The molecule has 2 fully saturated rings. The molecule has 0 radical (unpaired) electrons. The van der Waals surface area contributed by atoms with Crippen LogP contribution in [0, 0.1) is 5.92 Å². The summed E-state index contributed by atoms with van der Waals surface area (Å²) >= 11 is 0. The van der Waals surface area contributed by atoms with Gasteiger partial charge in [0.25, 0.3) is 5.91 Å². The van der Waals surface area contributed by atoms with E-state index >= 15 is 0 Å². The van der Waals surface area contributed by atoms with Crippen molar-refractivity contribution in [2.75, 3.05) is 26.7 Å². The standard InChI is InChI=1S/C25H34N4O5/c1-16-15-28(24(31)22(26-25(32)33)17-7-5-4-6-8-17)11-12-29(16)23(30)21-13-18-9-10-19(34-3)14-20(18)27(21)2/h9-10,13-14,16-17,22,26H,4-8,11-12,15H2,1-3H3,(H,32,33)/t16?,22-/m0/s1. The van der Waals surface area contributed by atoms with Crippen molar-refractivity contribution in [3.8, 4) is 5.75 Å². The van der Waals surface area contributed by atoms with E-state index in [2.05, 4.69) is 5.32 Å². The van der Waals surface area contributed by atoms with E-state index in [-0.39, 0.29) is 23.8 Å². The number of carbonyl (C=O) groups excluding carboxylic acids is 2. The molecule has 1 aromatic carbocycles. The summed E-state index contributed by atoms with van der Waals surface area (Å²) in [6.07, 6.45) is 3.71. The Bertz CT molecular complexity index is 1070. The average Bonchev–Trinajstić information content (AvgIpc) is 3.17. The Morgan fingerprint density at radius 1 is 1.12 bits per heavy atom. The Kier molecular flexibility index (Phi) is 7.00. The van der Waals surface area contributed by atoms with Gasteiger partial charge in [-0.3, -0.25) is 9.59 Å². The predicted molar refractivity (Wildman–Crippen MR) is 128 cm³/mol. The van der Waals surface area contributed by atoms with Crippen LogP contribution >= 0.6 is 0 Å². The minimum absolute atomic E-state index is 0.0279. The topological polar surface area (TPSA) is 104 Å². The van der Waals surface area contributed by atoms with Gasteiger partial charge in [0, 0.05) is 44.2 Å². The number of nitrogens with one attached hydrogen (secondary N) is 1. The SMILES string of the molecule is COc1ccc2cc(C(=O)N3CCN(C(=O)[C@@H](NC(=O)O)C4CCCCC4)CC3C)n(C)c2c1. The van der Waals surface area contributed by atoms with E-state index in [1.807, 2.05) is 42.8 Å². The highest BCUT2D eigenvalue weighted by Gasteiger charge is 2.38. The zero-order chi connectivity index (χ0) is 24.4. The van der Waals surface area contributed by atoms with Crippen molar-refractivity contribution in [2.24, 2.45) is 13.0 Å². The van der Waals surface area contributed by atoms with Gasteiger partial charge in [0.2, 0.25) is 5.91 Å². The highest BCUT2D eigenvalue weighted by atomic mass is 16.5. The van der Waals surface area contributed by atoms with E-state index in [0.717, 1.165) is 48.8 Å². The molecule has 2 heterocycles. The highest BCUT2D eigenvalue weighted by molar-refractivity contribution is 5.99. The summed E-state index contributed by atoms with van der Waals surface area (Å²) in [5.74, 6) is 0.505. The molecule has 1 aliphatic heterocycles. The summed E-state index contributed by atoms with van der Waals surface area (Å²) in [5, 5.41) is 12.8. The molecule has 4 rings (SSSR count). The van der Waals surface area contributed by atoms with Crippen LogP contribution in [0.25, 0.3) is 10.9 Å². The van der Waals surface area contributed by atoms with Crippen molar-refractivity contribution in [3.05, 3.63) is 30.0 Å². The van der Waals surface area contributed by atoms with Crippen LogP contribution in [0.3, 0.4) is 0 Å². The Hall–Kier alpha value is -3.23. The first kappa shape index (κ1) is 23.9. The summed E-state index contributed by atoms with van der Waals surface area (Å²) in [5.41, 5.74) is 1.50. The number of benzene rings is 1. The fourth-order valence-electron chi connectivity index (χ4n) is 5.43. The summed E-state index contributed by atoms with van der Waals surface area (Å²) in [4.78, 5) is 41.7. The number of amides is 3. The number of carbonyl (C=O) groups is 3. The first-order valence-corrected chi connectivity index (χ1v) is 12.0. The number of aromatic nitrogens is 1. The lowest BCUT2D eigenvalue weighted by atomic mass is 9.83. The number of piperazine rings is 1. The van der Waals surface area contributed by atoms with Gasteiger partial charge in [-0.25, -0.2) is 4.79 Å². The van der Waals surface area contributed by atoms with Gasteiger partial charge < -0.3 is 29.5 Å². The number of hydrogen-bond donors (Lipinski definition) is 2. The molecule has 1 saturated heterocycles. The van der Waals surface area contributed by atoms with Crippen LogP contribution in [0.4, 0.5) is 4.79 Å². The van der Waals surface area contributed by atoms with Gasteiger partial charge in [0.05, 0.1) is 12.6 Å². The fraction of sp³-hybridized carbons (Fsp3) is 0.560. The lowest BCUT2D eigenvalue weighted by molar-refractivity contribution is -0.137. The van der Waals surface area contributed by atoms with Crippen LogP contribution in [0.1, 0.15) is 49.5 Å². The maximum absolute atomic E-state index is 13.4. The lowest BCUT2D eigenvalue weighted by Gasteiger charge is -2.42. The predicted octanol–water partition coefficient (Wildman–Crippen LogP) is 3.08. The van der Waals surface area contributed by atoms with Crippen molar-refractivity contribution in [1.29, 1.82) is 0 Å². The second-order valence-corrected chi connectivity index (χ2v) is 9.47. The number of aryl methyl sites for hydroxylation is 1. The minimum atomic E-state index is -1.17. The summed E-state index contributed by atoms with van der Waals surface area (Å²) in [7, 11) is 3.48. The fourth-order valence-corrected chi connectivity index (χ4v) is 5.43. The zero-order valence-electron chi connectivity index (χ0n) is 20.1. The van der Waals surface area contributed by atoms with Crippen molar-refractivity contribution in [2.45, 2.75) is 51.1 Å². The van der Waals surface area contributed by atoms with Crippen molar-refractivity contribution >= 4 is 28.8 Å². The van der Waals surface area contributed by atoms with Gasteiger partial charge >= 0.3 is 6.09 Å². The van der Waals surface area contributed by atoms with E-state index in [1.54, 1.807) is 16.9 Å². The Balaban J connectivity index is 1.47. The Morgan fingerprint density at radius 2 is 1.85 bits per heavy atom. The molecule has 1 saturated carbocycles. The van der Waals surface area contributed by atoms with Crippen LogP contribution in [0.2, 0.25) is 0 Å². The Labute approximate surface area is 199 Å². The van der Waals surface area contributed by atoms with Gasteiger partial charge in [-0.2, -0.15) is 0 Å². The zero-order valence-corrected chi connectivity index (χ0v) is 20.1. The number of carboxylic acid groups (broad SMARTS) is 1. The van der Waals surface area contributed by atoms with Gasteiger partial charge in [-0.1, -0.05) is 19.3 Å². The molecule has 1 unspecified atom stereocenters.